The van der Waals surface area contributed by atoms with Crippen LogP contribution in [0.15, 0.2) is 48.8 Å². The number of nitrogens with zero attached hydrogens (tertiary/aromatic N) is 3. The molecule has 0 spiro atoms. The number of carbonyl (C=O) groups is 2. The summed E-state index contributed by atoms with van der Waals surface area (Å²) in [5.41, 5.74) is 0.929. The van der Waals surface area contributed by atoms with Gasteiger partial charge in [0, 0.05) is 44.1 Å². The fourth-order valence-corrected chi connectivity index (χ4v) is 2.99. The second-order valence-electron chi connectivity index (χ2n) is 7.56. The Bertz CT molecular complexity index is 790. The number of hydrogen-bond acceptors (Lipinski definition) is 4. The highest BCUT2D eigenvalue weighted by molar-refractivity contribution is 5.95. The molecule has 1 fully saturated rings. The predicted octanol–water partition coefficient (Wildman–Crippen LogP) is 2.86. The summed E-state index contributed by atoms with van der Waals surface area (Å²) in [5.74, 6) is 0.676. The number of benzene rings is 1. The molecule has 2 amide bonds. The Morgan fingerprint density at radius 1 is 0.889 bits per heavy atom. The van der Waals surface area contributed by atoms with Crippen molar-refractivity contribution in [1.82, 2.24) is 14.8 Å². The molecule has 142 valence electrons. The van der Waals surface area contributed by atoms with E-state index >= 15 is 0 Å². The molecular formula is C21H25N3O3. The van der Waals surface area contributed by atoms with Gasteiger partial charge in [0.15, 0.2) is 0 Å². The van der Waals surface area contributed by atoms with Gasteiger partial charge in [-0.05, 0) is 57.2 Å². The van der Waals surface area contributed by atoms with Gasteiger partial charge in [0.1, 0.15) is 11.4 Å². The van der Waals surface area contributed by atoms with Gasteiger partial charge in [-0.2, -0.15) is 0 Å². The summed E-state index contributed by atoms with van der Waals surface area (Å²) >= 11 is 0. The number of hydrogen-bond donors (Lipinski definition) is 0. The Balaban J connectivity index is 1.57. The summed E-state index contributed by atoms with van der Waals surface area (Å²) in [7, 11) is 0. The Hall–Kier alpha value is -2.89. The van der Waals surface area contributed by atoms with E-state index in [0.29, 0.717) is 37.3 Å². The van der Waals surface area contributed by atoms with Crippen LogP contribution in [0.3, 0.4) is 0 Å². The van der Waals surface area contributed by atoms with Gasteiger partial charge < -0.3 is 14.5 Å². The predicted molar refractivity (Wildman–Crippen MR) is 103 cm³/mol. The van der Waals surface area contributed by atoms with E-state index in [9.17, 15) is 9.59 Å². The highest BCUT2D eigenvalue weighted by Gasteiger charge is 2.25. The van der Waals surface area contributed by atoms with Gasteiger partial charge in [-0.25, -0.2) is 0 Å². The van der Waals surface area contributed by atoms with Crippen LogP contribution in [0.1, 0.15) is 41.5 Å². The lowest BCUT2D eigenvalue weighted by Crippen LogP contribution is -2.50. The molecule has 1 aliphatic rings. The van der Waals surface area contributed by atoms with Gasteiger partial charge in [0.05, 0.1) is 5.56 Å². The standard InChI is InChI=1S/C21H25N3O3/c1-21(2,3)27-18-8-6-16(7-9-18)19(25)23-11-13-24(14-12-23)20(26)17-5-4-10-22-15-17/h4-10,15H,11-14H2,1-3H3. The number of amides is 2. The van der Waals surface area contributed by atoms with Crippen LogP contribution in [-0.4, -0.2) is 58.4 Å². The molecule has 3 rings (SSSR count). The molecule has 0 radical (unpaired) electrons. The molecule has 27 heavy (non-hydrogen) atoms. The molecule has 0 N–H and O–H groups in total. The summed E-state index contributed by atoms with van der Waals surface area (Å²) in [6.45, 7) is 8.03. The SMILES string of the molecule is CC(C)(C)Oc1ccc(C(=O)N2CCN(C(=O)c3cccnc3)CC2)cc1. The number of carbonyl (C=O) groups excluding carboxylic acids is 2. The van der Waals surface area contributed by atoms with Crippen molar-refractivity contribution in [2.24, 2.45) is 0 Å². The van der Waals surface area contributed by atoms with E-state index in [0.717, 1.165) is 5.75 Å². The topological polar surface area (TPSA) is 62.7 Å². The van der Waals surface area contributed by atoms with E-state index in [4.69, 9.17) is 4.74 Å². The molecule has 1 saturated heterocycles. The van der Waals surface area contributed by atoms with Crippen LogP contribution in [0.25, 0.3) is 0 Å². The third-order valence-corrected chi connectivity index (χ3v) is 4.29. The Labute approximate surface area is 159 Å². The number of rotatable bonds is 3. The molecule has 6 nitrogen and oxygen atoms in total. The van der Waals surface area contributed by atoms with Crippen LogP contribution >= 0.6 is 0 Å². The minimum absolute atomic E-state index is 0.0224. The van der Waals surface area contributed by atoms with E-state index in [2.05, 4.69) is 4.98 Å². The lowest BCUT2D eigenvalue weighted by Gasteiger charge is -2.34. The van der Waals surface area contributed by atoms with Crippen molar-refractivity contribution in [3.05, 3.63) is 59.9 Å². The molecule has 0 unspecified atom stereocenters. The average Bonchev–Trinajstić information content (AvgIpc) is 2.67. The minimum atomic E-state index is -0.275. The molecule has 1 aliphatic heterocycles. The van der Waals surface area contributed by atoms with E-state index < -0.39 is 0 Å². The highest BCUT2D eigenvalue weighted by Crippen LogP contribution is 2.19. The second-order valence-corrected chi connectivity index (χ2v) is 7.56. The van der Waals surface area contributed by atoms with Crippen molar-refractivity contribution in [3.8, 4) is 5.75 Å². The van der Waals surface area contributed by atoms with E-state index in [1.807, 2.05) is 32.9 Å². The largest absolute Gasteiger partial charge is 0.488 e. The van der Waals surface area contributed by atoms with Crippen LogP contribution in [-0.2, 0) is 0 Å². The monoisotopic (exact) mass is 367 g/mol. The Morgan fingerprint density at radius 2 is 1.44 bits per heavy atom. The second kappa shape index (κ2) is 7.78. The van der Waals surface area contributed by atoms with Crippen molar-refractivity contribution in [2.75, 3.05) is 26.2 Å². The van der Waals surface area contributed by atoms with Gasteiger partial charge in [-0.3, -0.25) is 14.6 Å². The van der Waals surface area contributed by atoms with Crippen LogP contribution in [0, 0.1) is 0 Å². The lowest BCUT2D eigenvalue weighted by molar-refractivity contribution is 0.0535. The molecule has 2 aromatic rings. The quantitative estimate of drug-likeness (QED) is 0.837. The summed E-state index contributed by atoms with van der Waals surface area (Å²) in [6.07, 6.45) is 3.21. The van der Waals surface area contributed by atoms with Gasteiger partial charge in [0.2, 0.25) is 0 Å². The maximum absolute atomic E-state index is 12.7. The molecule has 1 aromatic carbocycles. The lowest BCUT2D eigenvalue weighted by atomic mass is 10.1. The first-order valence-corrected chi connectivity index (χ1v) is 9.11. The van der Waals surface area contributed by atoms with Gasteiger partial charge in [-0.15, -0.1) is 0 Å². The number of piperazine rings is 1. The molecule has 0 bridgehead atoms. The van der Waals surface area contributed by atoms with Gasteiger partial charge in [0.25, 0.3) is 11.8 Å². The van der Waals surface area contributed by atoms with E-state index in [1.165, 1.54) is 0 Å². The molecule has 1 aromatic heterocycles. The zero-order valence-corrected chi connectivity index (χ0v) is 16.0. The molecule has 0 atom stereocenters. The van der Waals surface area contributed by atoms with E-state index in [-0.39, 0.29) is 17.4 Å². The first kappa shape index (κ1) is 18.9. The fraction of sp³-hybridized carbons (Fsp3) is 0.381. The first-order chi connectivity index (χ1) is 12.8. The molecule has 0 aliphatic carbocycles. The van der Waals surface area contributed by atoms with Crippen LogP contribution < -0.4 is 4.74 Å². The maximum atomic E-state index is 12.7. The fourth-order valence-electron chi connectivity index (χ4n) is 2.99. The number of ether oxygens (including phenoxy) is 1. The van der Waals surface area contributed by atoms with Crippen molar-refractivity contribution >= 4 is 11.8 Å². The van der Waals surface area contributed by atoms with Crippen LogP contribution in [0.2, 0.25) is 0 Å². The average molecular weight is 367 g/mol. The zero-order chi connectivity index (χ0) is 19.4. The molecule has 6 heteroatoms. The zero-order valence-electron chi connectivity index (χ0n) is 16.0. The van der Waals surface area contributed by atoms with E-state index in [1.54, 1.807) is 46.5 Å². The summed E-state index contributed by atoms with van der Waals surface area (Å²) < 4.78 is 5.79. The van der Waals surface area contributed by atoms with Crippen molar-refractivity contribution in [2.45, 2.75) is 26.4 Å². The first-order valence-electron chi connectivity index (χ1n) is 9.11. The summed E-state index contributed by atoms with van der Waals surface area (Å²) in [4.78, 5) is 32.7. The van der Waals surface area contributed by atoms with Crippen molar-refractivity contribution < 1.29 is 14.3 Å². The van der Waals surface area contributed by atoms with Gasteiger partial charge >= 0.3 is 0 Å². The molecule has 2 heterocycles. The number of aromatic nitrogens is 1. The van der Waals surface area contributed by atoms with Crippen LogP contribution in [0.5, 0.6) is 5.75 Å². The molecular weight excluding hydrogens is 342 g/mol. The third-order valence-electron chi connectivity index (χ3n) is 4.29. The maximum Gasteiger partial charge on any atom is 0.255 e. The summed E-state index contributed by atoms with van der Waals surface area (Å²) in [6, 6.07) is 10.7. The number of pyridine rings is 1. The Kier molecular flexibility index (Phi) is 5.44. The van der Waals surface area contributed by atoms with Crippen molar-refractivity contribution in [1.29, 1.82) is 0 Å². The highest BCUT2D eigenvalue weighted by atomic mass is 16.5. The van der Waals surface area contributed by atoms with Crippen LogP contribution in [0.4, 0.5) is 0 Å². The normalized spacial score (nSPS) is 14.8. The third kappa shape index (κ3) is 4.84. The molecule has 0 saturated carbocycles. The van der Waals surface area contributed by atoms with Gasteiger partial charge in [-0.1, -0.05) is 0 Å². The Morgan fingerprint density at radius 3 is 1.93 bits per heavy atom. The smallest absolute Gasteiger partial charge is 0.255 e. The summed E-state index contributed by atoms with van der Waals surface area (Å²) in [5, 5.41) is 0. The van der Waals surface area contributed by atoms with Crippen molar-refractivity contribution in [3.63, 3.8) is 0 Å². The minimum Gasteiger partial charge on any atom is -0.488 e.